The average Bonchev–Trinajstić information content (AvgIpc) is 2.67. The minimum atomic E-state index is -3.72. The van der Waals surface area contributed by atoms with Crippen molar-refractivity contribution in [1.29, 1.82) is 0 Å². The first-order valence-corrected chi connectivity index (χ1v) is 11.0. The lowest BCUT2D eigenvalue weighted by atomic mass is 10.1. The molecule has 29 heavy (non-hydrogen) atoms. The van der Waals surface area contributed by atoms with Crippen LogP contribution >= 0.6 is 0 Å². The highest BCUT2D eigenvalue weighted by Gasteiger charge is 2.31. The Kier molecular flexibility index (Phi) is 7.02. The van der Waals surface area contributed by atoms with Crippen molar-refractivity contribution >= 4 is 33.3 Å². The summed E-state index contributed by atoms with van der Waals surface area (Å²) in [5.41, 5.74) is 2.70. The van der Waals surface area contributed by atoms with Crippen LogP contribution in [0.25, 0.3) is 0 Å². The number of nitrogens with one attached hydrogen (secondary N) is 1. The van der Waals surface area contributed by atoms with Crippen LogP contribution < -0.4 is 9.62 Å². The van der Waals surface area contributed by atoms with E-state index < -0.39 is 27.9 Å². The molecule has 0 aliphatic rings. The van der Waals surface area contributed by atoms with E-state index in [0.29, 0.717) is 22.5 Å². The second-order valence-electron chi connectivity index (χ2n) is 6.78. The second kappa shape index (κ2) is 9.09. The van der Waals surface area contributed by atoms with Crippen molar-refractivity contribution in [2.24, 2.45) is 0 Å². The molecular weight excluding hydrogens is 392 g/mol. The molecule has 0 heterocycles. The molecule has 2 aromatic rings. The van der Waals surface area contributed by atoms with E-state index in [-0.39, 0.29) is 6.42 Å². The summed E-state index contributed by atoms with van der Waals surface area (Å²) in [4.78, 5) is 24.9. The van der Waals surface area contributed by atoms with Crippen molar-refractivity contribution in [1.82, 2.24) is 0 Å². The fraction of sp³-hybridized carbons (Fsp3) is 0.333. The highest BCUT2D eigenvalue weighted by atomic mass is 32.2. The lowest BCUT2D eigenvalue weighted by Gasteiger charge is -2.30. The molecule has 0 radical (unpaired) electrons. The van der Waals surface area contributed by atoms with Gasteiger partial charge in [0.05, 0.1) is 24.6 Å². The van der Waals surface area contributed by atoms with Crippen LogP contribution in [0.2, 0.25) is 0 Å². The molecule has 0 fully saturated rings. The first kappa shape index (κ1) is 22.4. The van der Waals surface area contributed by atoms with E-state index in [1.165, 1.54) is 7.11 Å². The number of methoxy groups -OCH3 is 1. The lowest BCUT2D eigenvalue weighted by Crippen LogP contribution is -2.47. The second-order valence-corrected chi connectivity index (χ2v) is 8.64. The normalized spacial score (nSPS) is 12.2. The van der Waals surface area contributed by atoms with E-state index in [2.05, 4.69) is 5.32 Å². The van der Waals surface area contributed by atoms with Gasteiger partial charge >= 0.3 is 5.97 Å². The molecule has 7 nitrogen and oxygen atoms in total. The molecule has 0 saturated heterocycles. The van der Waals surface area contributed by atoms with Crippen molar-refractivity contribution < 1.29 is 22.7 Å². The van der Waals surface area contributed by atoms with E-state index in [9.17, 15) is 18.0 Å². The maximum absolute atomic E-state index is 13.0. The van der Waals surface area contributed by atoms with Crippen LogP contribution in [-0.4, -0.2) is 39.7 Å². The molecule has 8 heteroatoms. The third-order valence-electron chi connectivity index (χ3n) is 4.62. The number of nitrogens with zero attached hydrogens (tertiary/aromatic N) is 1. The zero-order chi connectivity index (χ0) is 21.8. The van der Waals surface area contributed by atoms with Gasteiger partial charge in [-0.2, -0.15) is 0 Å². The van der Waals surface area contributed by atoms with E-state index >= 15 is 0 Å². The van der Waals surface area contributed by atoms with Crippen molar-refractivity contribution in [3.8, 4) is 0 Å². The Hall–Kier alpha value is -2.87. The zero-order valence-electron chi connectivity index (χ0n) is 17.2. The predicted octanol–water partition coefficient (Wildman–Crippen LogP) is 3.27. The van der Waals surface area contributed by atoms with Crippen molar-refractivity contribution in [2.75, 3.05) is 23.0 Å². The van der Waals surface area contributed by atoms with Crippen LogP contribution in [0.5, 0.6) is 0 Å². The molecular formula is C21H26N2O5S. The summed E-state index contributed by atoms with van der Waals surface area (Å²) in [7, 11) is -2.43. The van der Waals surface area contributed by atoms with Gasteiger partial charge in [0.1, 0.15) is 6.04 Å². The minimum Gasteiger partial charge on any atom is -0.465 e. The molecule has 156 valence electrons. The summed E-state index contributed by atoms with van der Waals surface area (Å²) < 4.78 is 30.9. The number of benzene rings is 2. The molecule has 1 atom stereocenters. The molecule has 0 saturated carbocycles. The summed E-state index contributed by atoms with van der Waals surface area (Å²) in [5, 5.41) is 2.76. The van der Waals surface area contributed by atoms with Crippen molar-refractivity contribution in [3.63, 3.8) is 0 Å². The number of aryl methyl sites for hydroxylation is 1. The highest BCUT2D eigenvalue weighted by molar-refractivity contribution is 7.92. The van der Waals surface area contributed by atoms with Crippen molar-refractivity contribution in [2.45, 2.75) is 33.2 Å². The maximum Gasteiger partial charge on any atom is 0.338 e. The van der Waals surface area contributed by atoms with Crippen LogP contribution in [-0.2, 0) is 19.6 Å². The molecule has 0 aliphatic carbocycles. The van der Waals surface area contributed by atoms with Gasteiger partial charge in [-0.25, -0.2) is 13.2 Å². The molecule has 2 rings (SSSR count). The van der Waals surface area contributed by atoms with Gasteiger partial charge in [0.15, 0.2) is 0 Å². The number of rotatable bonds is 7. The molecule has 0 aliphatic heterocycles. The molecule has 2 aromatic carbocycles. The predicted molar refractivity (Wildman–Crippen MR) is 114 cm³/mol. The quantitative estimate of drug-likeness (QED) is 0.697. The first-order chi connectivity index (χ1) is 13.6. The Morgan fingerprint density at radius 1 is 1.10 bits per heavy atom. The number of ether oxygens (including phenoxy) is 1. The number of carbonyl (C=O) groups is 2. The zero-order valence-corrected chi connectivity index (χ0v) is 18.0. The molecule has 1 N–H and O–H groups in total. The fourth-order valence-electron chi connectivity index (χ4n) is 3.07. The summed E-state index contributed by atoms with van der Waals surface area (Å²) in [6.07, 6.45) is 1.34. The van der Waals surface area contributed by atoms with Crippen molar-refractivity contribution in [3.05, 3.63) is 59.2 Å². The smallest absolute Gasteiger partial charge is 0.338 e. The summed E-state index contributed by atoms with van der Waals surface area (Å²) in [6.45, 7) is 5.33. The number of sulfonamides is 1. The number of amides is 1. The Balaban J connectivity index is 2.41. The first-order valence-electron chi connectivity index (χ1n) is 9.15. The Bertz CT molecular complexity index is 1000. The van der Waals surface area contributed by atoms with Crippen LogP contribution in [0.15, 0.2) is 42.5 Å². The molecule has 0 unspecified atom stereocenters. The number of esters is 1. The van der Waals surface area contributed by atoms with Gasteiger partial charge in [0.2, 0.25) is 15.9 Å². The highest BCUT2D eigenvalue weighted by Crippen LogP contribution is 2.25. The largest absolute Gasteiger partial charge is 0.465 e. The van der Waals surface area contributed by atoms with Crippen LogP contribution in [0.4, 0.5) is 11.4 Å². The Labute approximate surface area is 171 Å². The van der Waals surface area contributed by atoms with Crippen LogP contribution in [0.1, 0.15) is 34.8 Å². The molecule has 1 amide bonds. The van der Waals surface area contributed by atoms with Gasteiger partial charge < -0.3 is 10.1 Å². The topological polar surface area (TPSA) is 92.8 Å². The van der Waals surface area contributed by atoms with Gasteiger partial charge in [0.25, 0.3) is 0 Å². The third-order valence-corrected chi connectivity index (χ3v) is 5.80. The number of hydrogen-bond acceptors (Lipinski definition) is 5. The van der Waals surface area contributed by atoms with Gasteiger partial charge in [-0.3, -0.25) is 9.10 Å². The molecule has 0 spiro atoms. The Morgan fingerprint density at radius 2 is 1.72 bits per heavy atom. The monoisotopic (exact) mass is 418 g/mol. The van der Waals surface area contributed by atoms with E-state index in [4.69, 9.17) is 4.74 Å². The van der Waals surface area contributed by atoms with Gasteiger partial charge in [-0.15, -0.1) is 0 Å². The number of hydrogen-bond donors (Lipinski definition) is 1. The maximum atomic E-state index is 13.0. The number of anilines is 2. The SMILES string of the molecule is CC[C@@H](C(=O)Nc1cccc(C(=O)OC)c1C)N(c1ccc(C)cc1)S(C)(=O)=O. The average molecular weight is 419 g/mol. The van der Waals surface area contributed by atoms with Crippen LogP contribution in [0.3, 0.4) is 0 Å². The standard InChI is InChI=1S/C21H26N2O5S/c1-6-19(23(29(5,26)27)16-12-10-14(2)11-13-16)20(24)22-18-9-7-8-17(15(18)3)21(25)28-4/h7-13,19H,6H2,1-5H3,(H,22,24)/t19-/m0/s1. The third kappa shape index (κ3) is 5.14. The van der Waals surface area contributed by atoms with Gasteiger partial charge in [-0.05, 0) is 50.1 Å². The fourth-order valence-corrected chi connectivity index (χ4v) is 4.28. The lowest BCUT2D eigenvalue weighted by molar-refractivity contribution is -0.117. The summed E-state index contributed by atoms with van der Waals surface area (Å²) >= 11 is 0. The van der Waals surface area contributed by atoms with Gasteiger partial charge in [-0.1, -0.05) is 30.7 Å². The molecule has 0 aromatic heterocycles. The summed E-state index contributed by atoms with van der Waals surface area (Å²) in [5.74, 6) is -0.994. The Morgan fingerprint density at radius 3 is 2.24 bits per heavy atom. The van der Waals surface area contributed by atoms with Gasteiger partial charge in [0, 0.05) is 5.69 Å². The van der Waals surface area contributed by atoms with E-state index in [1.54, 1.807) is 56.3 Å². The van der Waals surface area contributed by atoms with E-state index in [1.807, 2.05) is 6.92 Å². The number of carbonyl (C=O) groups excluding carboxylic acids is 2. The van der Waals surface area contributed by atoms with Crippen LogP contribution in [0, 0.1) is 13.8 Å². The summed E-state index contributed by atoms with van der Waals surface area (Å²) in [6, 6.07) is 10.9. The molecule has 0 bridgehead atoms. The van der Waals surface area contributed by atoms with E-state index in [0.717, 1.165) is 16.1 Å². The minimum absolute atomic E-state index is 0.266.